The minimum atomic E-state index is 1.27. The van der Waals surface area contributed by atoms with Gasteiger partial charge in [0.1, 0.15) is 0 Å². The van der Waals surface area contributed by atoms with Crippen molar-refractivity contribution in [1.82, 2.24) is 0 Å². The molecule has 9 rings (SSSR count). The minimum Gasteiger partial charge on any atom is -0.134 e. The average Bonchev–Trinajstić information content (AvgIpc) is 3.55. The Kier molecular flexibility index (Phi) is 4.74. The molecule has 0 aliphatic carbocycles. The Morgan fingerprint density at radius 3 is 1.60 bits per heavy atom. The van der Waals surface area contributed by atoms with Gasteiger partial charge in [-0.25, -0.2) is 0 Å². The van der Waals surface area contributed by atoms with Gasteiger partial charge in [-0.1, -0.05) is 115 Å². The Labute approximate surface area is 239 Å². The predicted molar refractivity (Wildman–Crippen MR) is 178 cm³/mol. The van der Waals surface area contributed by atoms with E-state index in [4.69, 9.17) is 0 Å². The molecular weight excluding hydrogens is 521 g/mol. The standard InChI is InChI=1S/C38H22S2/c1-2-12-25-23(10-1)11-9-18-26(25)36-29-15-5-3-13-27(29)35(28-14-4-6-16-30(28)36)24-20-21-34-32(22-24)38-37(40-34)31-17-7-8-19-33(31)39-38/h1-22H. The lowest BCUT2D eigenvalue weighted by Crippen LogP contribution is -1.91. The maximum absolute atomic E-state index is 2.44. The van der Waals surface area contributed by atoms with Crippen molar-refractivity contribution in [3.8, 4) is 22.3 Å². The van der Waals surface area contributed by atoms with E-state index in [1.54, 1.807) is 0 Å². The van der Waals surface area contributed by atoms with E-state index in [0.29, 0.717) is 0 Å². The van der Waals surface area contributed by atoms with Gasteiger partial charge in [0.25, 0.3) is 0 Å². The van der Waals surface area contributed by atoms with Crippen LogP contribution in [0.4, 0.5) is 0 Å². The molecule has 0 N–H and O–H groups in total. The van der Waals surface area contributed by atoms with E-state index in [2.05, 4.69) is 133 Å². The first-order valence-corrected chi connectivity index (χ1v) is 15.2. The van der Waals surface area contributed by atoms with Crippen LogP contribution in [0.15, 0.2) is 133 Å². The van der Waals surface area contributed by atoms with Gasteiger partial charge in [-0.15, -0.1) is 22.7 Å². The van der Waals surface area contributed by atoms with Gasteiger partial charge < -0.3 is 0 Å². The van der Waals surface area contributed by atoms with E-state index in [9.17, 15) is 0 Å². The topological polar surface area (TPSA) is 0 Å². The summed E-state index contributed by atoms with van der Waals surface area (Å²) in [6.07, 6.45) is 0. The van der Waals surface area contributed by atoms with Crippen LogP contribution in [0.25, 0.3) is 84.1 Å². The molecular formula is C38H22S2. The maximum atomic E-state index is 2.44. The second-order valence-electron chi connectivity index (χ2n) is 10.4. The molecule has 0 amide bonds. The second kappa shape index (κ2) is 8.50. The molecule has 9 aromatic rings. The molecule has 0 radical (unpaired) electrons. The van der Waals surface area contributed by atoms with E-state index in [0.717, 1.165) is 0 Å². The van der Waals surface area contributed by atoms with Gasteiger partial charge in [0.05, 0.1) is 9.40 Å². The molecule has 2 heteroatoms. The van der Waals surface area contributed by atoms with Gasteiger partial charge >= 0.3 is 0 Å². The summed E-state index contributed by atoms with van der Waals surface area (Å²) in [5, 5.41) is 10.5. The van der Waals surface area contributed by atoms with E-state index in [1.807, 2.05) is 22.7 Å². The van der Waals surface area contributed by atoms with Crippen LogP contribution in [0.2, 0.25) is 0 Å². The molecule has 0 fully saturated rings. The summed E-state index contributed by atoms with van der Waals surface area (Å²) in [6.45, 7) is 0. The van der Waals surface area contributed by atoms with Crippen molar-refractivity contribution >= 4 is 84.6 Å². The molecule has 7 aromatic carbocycles. The average molecular weight is 543 g/mol. The zero-order valence-corrected chi connectivity index (χ0v) is 23.2. The number of hydrogen-bond acceptors (Lipinski definition) is 2. The molecule has 40 heavy (non-hydrogen) atoms. The lowest BCUT2D eigenvalue weighted by molar-refractivity contribution is 1.69. The molecule has 2 aromatic heterocycles. The van der Waals surface area contributed by atoms with Crippen LogP contribution >= 0.6 is 22.7 Å². The third-order valence-corrected chi connectivity index (χ3v) is 10.8. The van der Waals surface area contributed by atoms with E-state index in [-0.39, 0.29) is 0 Å². The molecule has 2 heterocycles. The fourth-order valence-electron chi connectivity index (χ4n) is 6.54. The van der Waals surface area contributed by atoms with Crippen molar-refractivity contribution in [1.29, 1.82) is 0 Å². The summed E-state index contributed by atoms with van der Waals surface area (Å²) in [5.74, 6) is 0. The molecule has 186 valence electrons. The lowest BCUT2D eigenvalue weighted by Gasteiger charge is -2.18. The quantitative estimate of drug-likeness (QED) is 0.191. The number of hydrogen-bond donors (Lipinski definition) is 0. The first kappa shape index (κ1) is 22.3. The van der Waals surface area contributed by atoms with Crippen LogP contribution in [0.5, 0.6) is 0 Å². The Hall–Kier alpha value is -4.50. The Morgan fingerprint density at radius 1 is 0.350 bits per heavy atom. The van der Waals surface area contributed by atoms with Crippen LogP contribution in [0.1, 0.15) is 0 Å². The molecule has 0 aliphatic heterocycles. The SMILES string of the molecule is c1ccc2c(-c3c4ccccc4c(-c4ccc5sc6c7ccccc7sc6c5c4)c4ccccc34)cccc2c1. The largest absolute Gasteiger partial charge is 0.134 e. The third kappa shape index (κ3) is 3.12. The zero-order valence-electron chi connectivity index (χ0n) is 21.5. The number of thiophene rings is 2. The van der Waals surface area contributed by atoms with Crippen molar-refractivity contribution in [2.75, 3.05) is 0 Å². The monoisotopic (exact) mass is 542 g/mol. The summed E-state index contributed by atoms with van der Waals surface area (Å²) in [6, 6.07) is 49.3. The van der Waals surface area contributed by atoms with Crippen LogP contribution in [-0.4, -0.2) is 0 Å². The smallest absolute Gasteiger partial charge is 0.0542 e. The molecule has 0 unspecified atom stereocenters. The first-order valence-electron chi connectivity index (χ1n) is 13.6. The summed E-state index contributed by atoms with van der Waals surface area (Å²) < 4.78 is 5.54. The summed E-state index contributed by atoms with van der Waals surface area (Å²) in [4.78, 5) is 0. The predicted octanol–water partition coefficient (Wildman–Crippen LogP) is 12.1. The molecule has 0 atom stereocenters. The van der Waals surface area contributed by atoms with Gasteiger partial charge in [-0.05, 0) is 72.8 Å². The third-order valence-electron chi connectivity index (χ3n) is 8.27. The Bertz CT molecular complexity index is 2370. The van der Waals surface area contributed by atoms with Gasteiger partial charge in [-0.3, -0.25) is 0 Å². The number of benzene rings is 7. The summed E-state index contributed by atoms with van der Waals surface area (Å²) >= 11 is 3.84. The van der Waals surface area contributed by atoms with E-state index in [1.165, 1.54) is 84.1 Å². The van der Waals surface area contributed by atoms with Crippen molar-refractivity contribution in [3.63, 3.8) is 0 Å². The molecule has 0 aliphatic rings. The maximum Gasteiger partial charge on any atom is 0.0542 e. The van der Waals surface area contributed by atoms with Gasteiger partial charge in [0.15, 0.2) is 0 Å². The second-order valence-corrected chi connectivity index (χ2v) is 12.5. The van der Waals surface area contributed by atoms with Crippen LogP contribution in [0, 0.1) is 0 Å². The molecule has 0 spiro atoms. The summed E-state index contributed by atoms with van der Waals surface area (Å²) in [5.41, 5.74) is 5.20. The fourth-order valence-corrected chi connectivity index (χ4v) is 9.16. The van der Waals surface area contributed by atoms with E-state index < -0.39 is 0 Å². The van der Waals surface area contributed by atoms with Crippen molar-refractivity contribution < 1.29 is 0 Å². The van der Waals surface area contributed by atoms with Gasteiger partial charge in [0, 0.05) is 20.2 Å². The van der Waals surface area contributed by atoms with Crippen molar-refractivity contribution in [2.45, 2.75) is 0 Å². The molecule has 0 nitrogen and oxygen atoms in total. The zero-order chi connectivity index (χ0) is 26.2. The van der Waals surface area contributed by atoms with Gasteiger partial charge in [-0.2, -0.15) is 0 Å². The lowest BCUT2D eigenvalue weighted by atomic mass is 9.84. The highest BCUT2D eigenvalue weighted by molar-refractivity contribution is 7.36. The van der Waals surface area contributed by atoms with Crippen LogP contribution in [-0.2, 0) is 0 Å². The van der Waals surface area contributed by atoms with Crippen LogP contribution in [0.3, 0.4) is 0 Å². The molecule has 0 saturated heterocycles. The van der Waals surface area contributed by atoms with Crippen LogP contribution < -0.4 is 0 Å². The van der Waals surface area contributed by atoms with Crippen molar-refractivity contribution in [3.05, 3.63) is 133 Å². The Balaban J connectivity index is 1.40. The molecule has 0 bridgehead atoms. The highest BCUT2D eigenvalue weighted by atomic mass is 32.1. The number of fused-ring (bicyclic) bond motifs is 8. The number of rotatable bonds is 2. The first-order chi connectivity index (χ1) is 19.8. The van der Waals surface area contributed by atoms with E-state index >= 15 is 0 Å². The fraction of sp³-hybridized carbons (Fsp3) is 0. The molecule has 0 saturated carbocycles. The summed E-state index contributed by atoms with van der Waals surface area (Å²) in [7, 11) is 0. The highest BCUT2D eigenvalue weighted by Gasteiger charge is 2.19. The minimum absolute atomic E-state index is 1.27. The normalized spacial score (nSPS) is 12.0. The Morgan fingerprint density at radius 2 is 0.875 bits per heavy atom. The van der Waals surface area contributed by atoms with Crippen molar-refractivity contribution in [2.24, 2.45) is 0 Å². The highest BCUT2D eigenvalue weighted by Crippen LogP contribution is 2.48. The van der Waals surface area contributed by atoms with Gasteiger partial charge in [0.2, 0.25) is 0 Å².